The Hall–Kier alpha value is -2.31. The number of ketones is 1. The van der Waals surface area contributed by atoms with Gasteiger partial charge in [-0.15, -0.1) is 0 Å². The summed E-state index contributed by atoms with van der Waals surface area (Å²) >= 11 is 0. The van der Waals surface area contributed by atoms with E-state index in [1.165, 1.54) is 6.92 Å². The zero-order valence-corrected chi connectivity index (χ0v) is 8.93. The van der Waals surface area contributed by atoms with E-state index in [4.69, 9.17) is 0 Å². The Labute approximate surface area is 95.4 Å². The average molecular weight is 236 g/mol. The monoisotopic (exact) mass is 236 g/mol. The van der Waals surface area contributed by atoms with Gasteiger partial charge in [-0.05, 0) is 13.3 Å². The van der Waals surface area contributed by atoms with Crippen LogP contribution in [0, 0.1) is 27.2 Å². The second kappa shape index (κ2) is 3.62. The molecule has 0 atom stereocenters. The van der Waals surface area contributed by atoms with E-state index in [0.717, 1.165) is 6.07 Å². The number of Topliss-reactive ketones (excluding diaryl/α,β-unsaturated/α-hetero) is 1. The van der Waals surface area contributed by atoms with Crippen molar-refractivity contribution in [2.24, 2.45) is 0 Å². The Bertz CT molecular complexity index is 564. The highest BCUT2D eigenvalue weighted by atomic mass is 16.6. The molecule has 0 saturated heterocycles. The van der Waals surface area contributed by atoms with Crippen molar-refractivity contribution in [2.75, 3.05) is 0 Å². The summed E-state index contributed by atoms with van der Waals surface area (Å²) < 4.78 is 0. The molecule has 88 valence electrons. The number of fused-ring (bicyclic) bond motifs is 1. The van der Waals surface area contributed by atoms with Crippen LogP contribution in [-0.2, 0) is 6.42 Å². The number of hydrogen-bond donors (Lipinski definition) is 0. The molecule has 1 aliphatic carbocycles. The highest BCUT2D eigenvalue weighted by Crippen LogP contribution is 2.38. The van der Waals surface area contributed by atoms with Gasteiger partial charge in [-0.2, -0.15) is 0 Å². The van der Waals surface area contributed by atoms with Crippen LogP contribution in [0.4, 0.5) is 11.4 Å². The van der Waals surface area contributed by atoms with Crippen LogP contribution >= 0.6 is 0 Å². The lowest BCUT2D eigenvalue weighted by molar-refractivity contribution is -0.395. The molecule has 2 rings (SSSR count). The maximum absolute atomic E-state index is 11.5. The lowest BCUT2D eigenvalue weighted by Gasteiger charge is -2.04. The minimum absolute atomic E-state index is 0.00782. The van der Waals surface area contributed by atoms with E-state index in [1.807, 2.05) is 0 Å². The number of rotatable bonds is 2. The quantitative estimate of drug-likeness (QED) is 0.576. The van der Waals surface area contributed by atoms with E-state index >= 15 is 0 Å². The highest BCUT2D eigenvalue weighted by Gasteiger charge is 2.34. The molecule has 0 fully saturated rings. The van der Waals surface area contributed by atoms with Crippen molar-refractivity contribution >= 4 is 17.2 Å². The van der Waals surface area contributed by atoms with Gasteiger partial charge < -0.3 is 0 Å². The second-order valence-electron chi connectivity index (χ2n) is 3.83. The maximum Gasteiger partial charge on any atom is 0.283 e. The molecule has 0 saturated carbocycles. The Kier molecular flexibility index (Phi) is 2.38. The molecule has 0 aromatic heterocycles. The van der Waals surface area contributed by atoms with Crippen molar-refractivity contribution in [3.8, 4) is 0 Å². The van der Waals surface area contributed by atoms with Crippen LogP contribution < -0.4 is 0 Å². The third-order valence-corrected chi connectivity index (χ3v) is 2.91. The Morgan fingerprint density at radius 1 is 1.18 bits per heavy atom. The summed E-state index contributed by atoms with van der Waals surface area (Å²) in [5.74, 6) is -0.272. The normalized spacial score (nSPS) is 13.6. The number of nitro benzene ring substituents is 2. The number of hydrogen-bond acceptors (Lipinski definition) is 5. The predicted octanol–water partition coefficient (Wildman–Crippen LogP) is 1.94. The number of carbonyl (C=O) groups is 1. The van der Waals surface area contributed by atoms with Gasteiger partial charge >= 0.3 is 0 Å². The van der Waals surface area contributed by atoms with Gasteiger partial charge in [0, 0.05) is 23.6 Å². The van der Waals surface area contributed by atoms with E-state index in [9.17, 15) is 25.0 Å². The van der Waals surface area contributed by atoms with Gasteiger partial charge in [0.05, 0.1) is 9.85 Å². The fraction of sp³-hybridized carbons (Fsp3) is 0.300. The summed E-state index contributed by atoms with van der Waals surface area (Å²) in [6.45, 7) is 1.33. The number of carbonyl (C=O) groups excluding carboxylic acids is 1. The first-order valence-electron chi connectivity index (χ1n) is 4.92. The first-order chi connectivity index (χ1) is 7.93. The van der Waals surface area contributed by atoms with Gasteiger partial charge in [-0.25, -0.2) is 0 Å². The SMILES string of the molecule is Cc1c([N+](=O)[O-])cc2c(c1[N+](=O)[O-])CCC2=O. The van der Waals surface area contributed by atoms with Crippen LogP contribution in [0.15, 0.2) is 6.07 Å². The van der Waals surface area contributed by atoms with Gasteiger partial charge in [0.25, 0.3) is 11.4 Å². The zero-order chi connectivity index (χ0) is 12.7. The lowest BCUT2D eigenvalue weighted by Crippen LogP contribution is -2.03. The molecule has 0 radical (unpaired) electrons. The van der Waals surface area contributed by atoms with Crippen molar-refractivity contribution in [1.82, 2.24) is 0 Å². The zero-order valence-electron chi connectivity index (χ0n) is 8.93. The molecule has 0 bridgehead atoms. The Morgan fingerprint density at radius 2 is 1.82 bits per heavy atom. The first-order valence-corrected chi connectivity index (χ1v) is 4.92. The highest BCUT2D eigenvalue weighted by molar-refractivity contribution is 6.02. The van der Waals surface area contributed by atoms with E-state index in [-0.39, 0.29) is 41.1 Å². The minimum Gasteiger partial charge on any atom is -0.294 e. The molecule has 0 spiro atoms. The summed E-state index contributed by atoms with van der Waals surface area (Å²) in [6.07, 6.45) is 0.458. The van der Waals surface area contributed by atoms with Gasteiger partial charge in [0.2, 0.25) is 0 Å². The van der Waals surface area contributed by atoms with Crippen LogP contribution in [0.5, 0.6) is 0 Å². The molecular formula is C10H8N2O5. The molecule has 7 heteroatoms. The van der Waals surface area contributed by atoms with Gasteiger partial charge in [-0.1, -0.05) is 0 Å². The number of nitrogens with zero attached hydrogens (tertiary/aromatic N) is 2. The molecule has 0 amide bonds. The standard InChI is InChI=1S/C10H8N2O5/c1-5-8(11(14)15)4-7-6(2-3-9(7)13)10(5)12(16)17/h4H,2-3H2,1H3. The van der Waals surface area contributed by atoms with Crippen LogP contribution in [0.2, 0.25) is 0 Å². The smallest absolute Gasteiger partial charge is 0.283 e. The van der Waals surface area contributed by atoms with E-state index in [2.05, 4.69) is 0 Å². The third-order valence-electron chi connectivity index (χ3n) is 2.91. The molecule has 7 nitrogen and oxygen atoms in total. The van der Waals surface area contributed by atoms with Gasteiger partial charge in [0.15, 0.2) is 5.78 Å². The van der Waals surface area contributed by atoms with Crippen LogP contribution in [-0.4, -0.2) is 15.6 Å². The molecule has 0 heterocycles. The molecule has 0 aliphatic heterocycles. The largest absolute Gasteiger partial charge is 0.294 e. The molecule has 1 aliphatic rings. The van der Waals surface area contributed by atoms with E-state index in [1.54, 1.807) is 0 Å². The van der Waals surface area contributed by atoms with Crippen molar-refractivity contribution in [3.63, 3.8) is 0 Å². The maximum atomic E-state index is 11.5. The number of benzene rings is 1. The third kappa shape index (κ3) is 1.55. The predicted molar refractivity (Wildman–Crippen MR) is 57.1 cm³/mol. The van der Waals surface area contributed by atoms with Crippen LogP contribution in [0.1, 0.15) is 27.9 Å². The molecule has 17 heavy (non-hydrogen) atoms. The van der Waals surface area contributed by atoms with Crippen LogP contribution in [0.3, 0.4) is 0 Å². The molecular weight excluding hydrogens is 228 g/mol. The summed E-state index contributed by atoms with van der Waals surface area (Å²) in [7, 11) is 0. The fourth-order valence-corrected chi connectivity index (χ4v) is 2.12. The molecule has 1 aromatic carbocycles. The number of nitro groups is 2. The molecule has 0 N–H and O–H groups in total. The topological polar surface area (TPSA) is 103 Å². The first kappa shape index (κ1) is 11.2. The summed E-state index contributed by atoms with van der Waals surface area (Å²) in [5, 5.41) is 21.7. The van der Waals surface area contributed by atoms with Crippen LogP contribution in [0.25, 0.3) is 0 Å². The summed E-state index contributed by atoms with van der Waals surface area (Å²) in [5.41, 5.74) is -0.212. The van der Waals surface area contributed by atoms with Gasteiger partial charge in [0.1, 0.15) is 5.56 Å². The lowest BCUT2D eigenvalue weighted by atomic mass is 10.0. The van der Waals surface area contributed by atoms with Crippen molar-refractivity contribution < 1.29 is 14.6 Å². The molecule has 1 aromatic rings. The average Bonchev–Trinajstić information content (AvgIpc) is 2.58. The Balaban J connectivity index is 2.82. The minimum atomic E-state index is -0.700. The fourth-order valence-electron chi connectivity index (χ4n) is 2.12. The summed E-state index contributed by atoms with van der Waals surface area (Å²) in [6, 6.07) is 1.15. The summed E-state index contributed by atoms with van der Waals surface area (Å²) in [4.78, 5) is 31.8. The second-order valence-corrected chi connectivity index (χ2v) is 3.83. The van der Waals surface area contributed by atoms with E-state index in [0.29, 0.717) is 5.56 Å². The molecule has 0 unspecified atom stereocenters. The van der Waals surface area contributed by atoms with E-state index < -0.39 is 9.85 Å². The van der Waals surface area contributed by atoms with Crippen molar-refractivity contribution in [1.29, 1.82) is 0 Å². The van der Waals surface area contributed by atoms with Crippen molar-refractivity contribution in [2.45, 2.75) is 19.8 Å². The Morgan fingerprint density at radius 3 is 2.35 bits per heavy atom. The van der Waals surface area contributed by atoms with Crippen molar-refractivity contribution in [3.05, 3.63) is 43.0 Å². The van der Waals surface area contributed by atoms with Gasteiger partial charge in [-0.3, -0.25) is 25.0 Å².